The molecule has 2 amide bonds. The van der Waals surface area contributed by atoms with Crippen LogP contribution >= 0.6 is 23.2 Å². The fourth-order valence-electron chi connectivity index (χ4n) is 1.95. The highest BCUT2D eigenvalue weighted by molar-refractivity contribution is 6.36. The number of halogens is 2. The molecule has 6 heteroatoms. The average Bonchev–Trinajstić information content (AvgIpc) is 2.29. The summed E-state index contributed by atoms with van der Waals surface area (Å²) in [5, 5.41) is 15.7. The van der Waals surface area contributed by atoms with E-state index >= 15 is 0 Å². The first-order valence-electron chi connectivity index (χ1n) is 6.37. The minimum absolute atomic E-state index is 0.185. The topological polar surface area (TPSA) is 61.4 Å². The van der Waals surface area contributed by atoms with Crippen molar-refractivity contribution in [3.05, 3.63) is 28.2 Å². The average molecular weight is 319 g/mol. The quantitative estimate of drug-likeness (QED) is 0.770. The van der Waals surface area contributed by atoms with E-state index in [1.165, 1.54) is 0 Å². The van der Waals surface area contributed by atoms with Crippen molar-refractivity contribution in [1.29, 1.82) is 0 Å². The third-order valence-corrected chi connectivity index (χ3v) is 3.30. The van der Waals surface area contributed by atoms with Gasteiger partial charge >= 0.3 is 6.03 Å². The second-order valence-electron chi connectivity index (χ2n) is 5.65. The van der Waals surface area contributed by atoms with Crippen molar-refractivity contribution in [2.75, 3.05) is 11.9 Å². The summed E-state index contributed by atoms with van der Waals surface area (Å²) < 4.78 is 0. The number of urea groups is 1. The van der Waals surface area contributed by atoms with Gasteiger partial charge in [-0.2, -0.15) is 0 Å². The largest absolute Gasteiger partial charge is 0.393 e. The van der Waals surface area contributed by atoms with E-state index in [1.54, 1.807) is 25.1 Å². The molecule has 0 aliphatic carbocycles. The summed E-state index contributed by atoms with van der Waals surface area (Å²) in [6.45, 7) is 6.15. The zero-order valence-electron chi connectivity index (χ0n) is 11.8. The third-order valence-electron chi connectivity index (χ3n) is 2.75. The Kier molecular flexibility index (Phi) is 6.11. The van der Waals surface area contributed by atoms with Gasteiger partial charge in [0.25, 0.3) is 0 Å². The molecule has 0 heterocycles. The molecule has 1 unspecified atom stereocenters. The molecule has 0 bridgehead atoms. The maximum absolute atomic E-state index is 11.8. The SMILES string of the molecule is CC(O)CC(C)(C)CNC(=O)Nc1ccc(Cl)cc1Cl. The number of anilines is 1. The molecule has 0 saturated heterocycles. The lowest BCUT2D eigenvalue weighted by Gasteiger charge is -2.26. The van der Waals surface area contributed by atoms with Gasteiger partial charge in [0, 0.05) is 11.6 Å². The maximum Gasteiger partial charge on any atom is 0.319 e. The van der Waals surface area contributed by atoms with Crippen molar-refractivity contribution in [3.63, 3.8) is 0 Å². The van der Waals surface area contributed by atoms with Crippen LogP contribution in [0.15, 0.2) is 18.2 Å². The fraction of sp³-hybridized carbons (Fsp3) is 0.500. The van der Waals surface area contributed by atoms with Crippen LogP contribution in [0.4, 0.5) is 10.5 Å². The standard InChI is InChI=1S/C14H20Cl2N2O2/c1-9(19)7-14(2,3)8-17-13(20)18-12-5-4-10(15)6-11(12)16/h4-6,9,19H,7-8H2,1-3H3,(H2,17,18,20). The molecule has 3 N–H and O–H groups in total. The minimum Gasteiger partial charge on any atom is -0.393 e. The first-order valence-corrected chi connectivity index (χ1v) is 7.13. The molecule has 0 radical (unpaired) electrons. The van der Waals surface area contributed by atoms with Gasteiger partial charge in [-0.25, -0.2) is 4.79 Å². The first-order chi connectivity index (χ1) is 9.19. The van der Waals surface area contributed by atoms with Crippen LogP contribution in [0.5, 0.6) is 0 Å². The number of carbonyl (C=O) groups excluding carboxylic acids is 1. The van der Waals surface area contributed by atoms with Crippen molar-refractivity contribution in [2.24, 2.45) is 5.41 Å². The number of rotatable bonds is 5. The van der Waals surface area contributed by atoms with E-state index < -0.39 is 6.10 Å². The molecule has 0 aromatic heterocycles. The Labute approximate surface area is 129 Å². The Morgan fingerprint density at radius 3 is 2.60 bits per heavy atom. The van der Waals surface area contributed by atoms with E-state index in [-0.39, 0.29) is 11.4 Å². The predicted octanol–water partition coefficient (Wildman–Crippen LogP) is 3.91. The Morgan fingerprint density at radius 1 is 1.40 bits per heavy atom. The van der Waals surface area contributed by atoms with Gasteiger partial charge in [-0.15, -0.1) is 0 Å². The highest BCUT2D eigenvalue weighted by Crippen LogP contribution is 2.25. The first kappa shape index (κ1) is 17.1. The number of nitrogens with one attached hydrogen (secondary N) is 2. The monoisotopic (exact) mass is 318 g/mol. The van der Waals surface area contributed by atoms with Gasteiger partial charge in [0.15, 0.2) is 0 Å². The molecular weight excluding hydrogens is 299 g/mol. The molecule has 112 valence electrons. The van der Waals surface area contributed by atoms with E-state index in [9.17, 15) is 9.90 Å². The van der Waals surface area contributed by atoms with Gasteiger partial charge in [-0.1, -0.05) is 37.0 Å². The predicted molar refractivity (Wildman–Crippen MR) is 83.6 cm³/mol. The molecule has 0 aliphatic rings. The van der Waals surface area contributed by atoms with Crippen molar-refractivity contribution < 1.29 is 9.90 Å². The third kappa shape index (κ3) is 5.99. The summed E-state index contributed by atoms with van der Waals surface area (Å²) in [4.78, 5) is 11.8. The number of aliphatic hydroxyl groups is 1. The molecule has 0 fully saturated rings. The zero-order chi connectivity index (χ0) is 15.3. The lowest BCUT2D eigenvalue weighted by atomic mass is 9.87. The molecule has 20 heavy (non-hydrogen) atoms. The highest BCUT2D eigenvalue weighted by Gasteiger charge is 2.21. The van der Waals surface area contributed by atoms with Crippen LogP contribution in [-0.4, -0.2) is 23.8 Å². The number of amides is 2. The number of hydrogen-bond acceptors (Lipinski definition) is 2. The van der Waals surface area contributed by atoms with Crippen LogP contribution in [0.1, 0.15) is 27.2 Å². The van der Waals surface area contributed by atoms with E-state index in [4.69, 9.17) is 23.2 Å². The summed E-state index contributed by atoms with van der Waals surface area (Å²) in [5.41, 5.74) is 0.317. The summed E-state index contributed by atoms with van der Waals surface area (Å²) in [6, 6.07) is 4.52. The summed E-state index contributed by atoms with van der Waals surface area (Å²) in [5.74, 6) is 0. The molecule has 1 aromatic rings. The molecule has 4 nitrogen and oxygen atoms in total. The molecular formula is C14H20Cl2N2O2. The van der Waals surface area contributed by atoms with E-state index in [0.29, 0.717) is 28.7 Å². The van der Waals surface area contributed by atoms with Crippen LogP contribution in [-0.2, 0) is 0 Å². The molecule has 0 spiro atoms. The van der Waals surface area contributed by atoms with Crippen molar-refractivity contribution in [2.45, 2.75) is 33.3 Å². The van der Waals surface area contributed by atoms with Crippen LogP contribution in [0.3, 0.4) is 0 Å². The van der Waals surface area contributed by atoms with E-state index in [0.717, 1.165) is 0 Å². The van der Waals surface area contributed by atoms with Crippen molar-refractivity contribution in [3.8, 4) is 0 Å². The Morgan fingerprint density at radius 2 is 2.05 bits per heavy atom. The number of benzene rings is 1. The lowest BCUT2D eigenvalue weighted by molar-refractivity contribution is 0.129. The van der Waals surface area contributed by atoms with Crippen LogP contribution in [0, 0.1) is 5.41 Å². The van der Waals surface area contributed by atoms with Gasteiger partial charge in [0.2, 0.25) is 0 Å². The van der Waals surface area contributed by atoms with Crippen LogP contribution < -0.4 is 10.6 Å². The fourth-order valence-corrected chi connectivity index (χ4v) is 2.40. The number of aliphatic hydroxyl groups excluding tert-OH is 1. The van der Waals surface area contributed by atoms with Gasteiger partial charge in [-0.05, 0) is 37.0 Å². The van der Waals surface area contributed by atoms with Crippen molar-refractivity contribution in [1.82, 2.24) is 5.32 Å². The van der Waals surface area contributed by atoms with E-state index in [1.807, 2.05) is 13.8 Å². The number of carbonyl (C=O) groups is 1. The molecule has 0 aliphatic heterocycles. The summed E-state index contributed by atoms with van der Waals surface area (Å²) in [7, 11) is 0. The van der Waals surface area contributed by atoms with E-state index in [2.05, 4.69) is 10.6 Å². The lowest BCUT2D eigenvalue weighted by Crippen LogP contribution is -2.38. The minimum atomic E-state index is -0.402. The van der Waals surface area contributed by atoms with Gasteiger partial charge in [0.05, 0.1) is 16.8 Å². The van der Waals surface area contributed by atoms with Gasteiger partial charge < -0.3 is 15.7 Å². The Hall–Kier alpha value is -0.970. The smallest absolute Gasteiger partial charge is 0.319 e. The van der Waals surface area contributed by atoms with Gasteiger partial charge in [0.1, 0.15) is 0 Å². The van der Waals surface area contributed by atoms with Crippen molar-refractivity contribution >= 4 is 34.9 Å². The zero-order valence-corrected chi connectivity index (χ0v) is 13.3. The van der Waals surface area contributed by atoms with Crippen LogP contribution in [0.25, 0.3) is 0 Å². The molecule has 0 saturated carbocycles. The van der Waals surface area contributed by atoms with Gasteiger partial charge in [-0.3, -0.25) is 0 Å². The highest BCUT2D eigenvalue weighted by atomic mass is 35.5. The summed E-state index contributed by atoms with van der Waals surface area (Å²) >= 11 is 11.8. The molecule has 1 atom stereocenters. The normalized spacial score (nSPS) is 12.9. The van der Waals surface area contributed by atoms with Crippen LogP contribution in [0.2, 0.25) is 10.0 Å². The molecule has 1 aromatic carbocycles. The molecule has 1 rings (SSSR count). The number of hydrogen-bond donors (Lipinski definition) is 3. The Balaban J connectivity index is 2.52. The maximum atomic E-state index is 11.8. The second kappa shape index (κ2) is 7.16. The second-order valence-corrected chi connectivity index (χ2v) is 6.49. The summed E-state index contributed by atoms with van der Waals surface area (Å²) in [6.07, 6.45) is 0.204. The Bertz CT molecular complexity index is 476.